The van der Waals surface area contributed by atoms with Crippen LogP contribution in [0.4, 0.5) is 5.95 Å². The van der Waals surface area contributed by atoms with Gasteiger partial charge in [-0.15, -0.1) is 0 Å². The molecule has 0 saturated heterocycles. The number of anilines is 1. The normalized spacial score (nSPS) is 13.7. The molecule has 2 rings (SSSR count). The Morgan fingerprint density at radius 1 is 1.35 bits per heavy atom. The van der Waals surface area contributed by atoms with Crippen molar-refractivity contribution in [2.75, 3.05) is 18.5 Å². The second kappa shape index (κ2) is 7.89. The third-order valence-electron chi connectivity index (χ3n) is 4.54. The van der Waals surface area contributed by atoms with Crippen molar-refractivity contribution in [2.24, 2.45) is 5.92 Å². The van der Waals surface area contributed by atoms with Gasteiger partial charge in [0, 0.05) is 12.5 Å². The van der Waals surface area contributed by atoms with Crippen LogP contribution in [0.2, 0.25) is 23.3 Å². The van der Waals surface area contributed by atoms with E-state index in [-0.39, 0.29) is 22.1 Å². The van der Waals surface area contributed by atoms with Gasteiger partial charge in [-0.25, -0.2) is 4.98 Å². The van der Waals surface area contributed by atoms with Crippen LogP contribution in [0.1, 0.15) is 27.7 Å². The average Bonchev–Trinajstić information content (AvgIpc) is 2.94. The van der Waals surface area contributed by atoms with Crippen molar-refractivity contribution < 1.29 is 14.1 Å². The molecule has 0 spiro atoms. The van der Waals surface area contributed by atoms with E-state index in [9.17, 15) is 4.79 Å². The van der Waals surface area contributed by atoms with Crippen LogP contribution in [0.3, 0.4) is 0 Å². The predicted molar refractivity (Wildman–Crippen MR) is 104 cm³/mol. The molecule has 1 atom stereocenters. The van der Waals surface area contributed by atoms with Gasteiger partial charge in [-0.3, -0.25) is 10.1 Å². The Balaban J connectivity index is 2.02. The van der Waals surface area contributed by atoms with E-state index in [4.69, 9.17) is 20.9 Å². The molecule has 0 aromatic carbocycles. The number of imidazole rings is 1. The van der Waals surface area contributed by atoms with E-state index in [1.807, 2.05) is 0 Å². The fourth-order valence-corrected chi connectivity index (χ4v) is 3.23. The third kappa shape index (κ3) is 4.71. The number of carbonyl (C=O) groups excluding carboxylic acids is 1. The lowest BCUT2D eigenvalue weighted by Gasteiger charge is -2.36. The minimum absolute atomic E-state index is 0.0946. The number of nitrogens with one attached hydrogen (secondary N) is 1. The summed E-state index contributed by atoms with van der Waals surface area (Å²) < 4.78 is 7.65. The number of hydrogen-bond acceptors (Lipinski definition) is 6. The van der Waals surface area contributed by atoms with E-state index < -0.39 is 8.32 Å². The number of hydrogen-bond donors (Lipinski definition) is 1. The number of halogens is 1. The third-order valence-corrected chi connectivity index (χ3v) is 9.31. The Hall–Kier alpha value is -1.71. The summed E-state index contributed by atoms with van der Waals surface area (Å²) in [5.41, 5.74) is 0.806. The first kappa shape index (κ1) is 20.6. The Bertz CT molecular complexity index is 775. The molecule has 26 heavy (non-hydrogen) atoms. The number of carbonyl (C=O) groups is 1. The van der Waals surface area contributed by atoms with Gasteiger partial charge in [-0.05, 0) is 18.1 Å². The van der Waals surface area contributed by atoms with Gasteiger partial charge in [0.2, 0.25) is 18.0 Å². The Morgan fingerprint density at radius 3 is 2.65 bits per heavy atom. The van der Waals surface area contributed by atoms with Crippen LogP contribution in [0, 0.1) is 5.92 Å². The van der Waals surface area contributed by atoms with E-state index >= 15 is 0 Å². The summed E-state index contributed by atoms with van der Waals surface area (Å²) in [7, 11) is -1.78. The maximum absolute atomic E-state index is 10.6. The second-order valence-corrected chi connectivity index (χ2v) is 13.0. The maximum atomic E-state index is 10.6. The van der Waals surface area contributed by atoms with E-state index in [2.05, 4.69) is 61.1 Å². The van der Waals surface area contributed by atoms with E-state index in [0.29, 0.717) is 30.8 Å². The zero-order valence-corrected chi connectivity index (χ0v) is 17.8. The summed E-state index contributed by atoms with van der Waals surface area (Å²) in [6, 6.07) is 0. The summed E-state index contributed by atoms with van der Waals surface area (Å²) in [5, 5.41) is 2.69. The van der Waals surface area contributed by atoms with Crippen LogP contribution < -0.4 is 10.2 Å². The summed E-state index contributed by atoms with van der Waals surface area (Å²) in [6.45, 7) is 14.2. The SMILES string of the molecule is CC(COn1cnc2c(Cl)nc(NC=O)nc21)CO[Si](C)(C)C(C)(C)C. The number of amides is 1. The van der Waals surface area contributed by atoms with E-state index in [0.717, 1.165) is 0 Å². The molecule has 0 fully saturated rings. The molecule has 0 radical (unpaired) electrons. The molecule has 2 aromatic rings. The smallest absolute Gasteiger partial charge is 0.232 e. The van der Waals surface area contributed by atoms with Crippen molar-refractivity contribution in [1.29, 1.82) is 0 Å². The Labute approximate surface area is 159 Å². The van der Waals surface area contributed by atoms with Crippen LogP contribution >= 0.6 is 11.6 Å². The quantitative estimate of drug-likeness (QED) is 0.416. The molecule has 8 nitrogen and oxygen atoms in total. The fraction of sp³-hybridized carbons (Fsp3) is 0.625. The van der Waals surface area contributed by atoms with Crippen LogP contribution in [0.25, 0.3) is 11.2 Å². The summed E-state index contributed by atoms with van der Waals surface area (Å²) in [6.07, 6.45) is 1.97. The Kier molecular flexibility index (Phi) is 6.25. The highest BCUT2D eigenvalue weighted by Crippen LogP contribution is 2.36. The minimum Gasteiger partial charge on any atom is -0.416 e. The highest BCUT2D eigenvalue weighted by molar-refractivity contribution is 6.74. The molecule has 2 heterocycles. The lowest BCUT2D eigenvalue weighted by Crippen LogP contribution is -2.42. The molecule has 10 heteroatoms. The maximum Gasteiger partial charge on any atom is 0.232 e. The molecule has 1 unspecified atom stereocenters. The first-order valence-electron chi connectivity index (χ1n) is 8.43. The highest BCUT2D eigenvalue weighted by atomic mass is 35.5. The topological polar surface area (TPSA) is 91.2 Å². The molecule has 0 bridgehead atoms. The first-order valence-corrected chi connectivity index (χ1v) is 11.7. The van der Waals surface area contributed by atoms with Crippen molar-refractivity contribution in [3.05, 3.63) is 11.5 Å². The van der Waals surface area contributed by atoms with E-state index in [1.165, 1.54) is 11.1 Å². The van der Waals surface area contributed by atoms with Crippen LogP contribution in [-0.2, 0) is 9.22 Å². The van der Waals surface area contributed by atoms with Gasteiger partial charge in [0.1, 0.15) is 18.5 Å². The molecule has 0 saturated carbocycles. The summed E-state index contributed by atoms with van der Waals surface area (Å²) in [5.74, 6) is 0.281. The lowest BCUT2D eigenvalue weighted by molar-refractivity contribution is -0.105. The van der Waals surface area contributed by atoms with Crippen molar-refractivity contribution in [3.63, 3.8) is 0 Å². The average molecular weight is 400 g/mol. The molecule has 1 amide bonds. The molecule has 2 aromatic heterocycles. The minimum atomic E-state index is -1.78. The number of nitrogens with zero attached hydrogens (tertiary/aromatic N) is 4. The zero-order chi connectivity index (χ0) is 19.5. The predicted octanol–water partition coefficient (Wildman–Crippen LogP) is 3.13. The van der Waals surface area contributed by atoms with Gasteiger partial charge < -0.3 is 9.26 Å². The fourth-order valence-electron chi connectivity index (χ4n) is 1.88. The molecule has 144 valence electrons. The van der Waals surface area contributed by atoms with Gasteiger partial charge >= 0.3 is 0 Å². The van der Waals surface area contributed by atoms with Crippen LogP contribution in [0.15, 0.2) is 6.33 Å². The van der Waals surface area contributed by atoms with Crippen molar-refractivity contribution in [3.8, 4) is 0 Å². The zero-order valence-electron chi connectivity index (χ0n) is 16.0. The van der Waals surface area contributed by atoms with Crippen molar-refractivity contribution >= 4 is 43.4 Å². The molecule has 1 N–H and O–H groups in total. The van der Waals surface area contributed by atoms with E-state index in [1.54, 1.807) is 0 Å². The van der Waals surface area contributed by atoms with Gasteiger partial charge in [-0.2, -0.15) is 14.7 Å². The summed E-state index contributed by atoms with van der Waals surface area (Å²) >= 11 is 6.06. The molecule has 0 aliphatic heterocycles. The number of rotatable bonds is 8. The standard InChI is InChI=1S/C16H26ClN5O3Si/c1-11(8-25-26(5,6)16(2,3)4)7-24-22-9-18-12-13(17)20-15(19-10-23)21-14(12)22/h9-11H,7-8H2,1-6H3,(H,19,20,21,23). The molecular formula is C16H26ClN5O3Si. The van der Waals surface area contributed by atoms with Gasteiger partial charge in [0.25, 0.3) is 0 Å². The Morgan fingerprint density at radius 2 is 2.04 bits per heavy atom. The van der Waals surface area contributed by atoms with Crippen LogP contribution in [0.5, 0.6) is 0 Å². The first-order chi connectivity index (χ1) is 12.0. The second-order valence-electron chi connectivity index (χ2n) is 7.82. The monoisotopic (exact) mass is 399 g/mol. The molecule has 0 aliphatic rings. The van der Waals surface area contributed by atoms with Crippen molar-refractivity contribution in [2.45, 2.75) is 45.8 Å². The van der Waals surface area contributed by atoms with Crippen LogP contribution in [-0.4, -0.2) is 47.6 Å². The highest BCUT2D eigenvalue weighted by Gasteiger charge is 2.37. The molecule has 0 aliphatic carbocycles. The lowest BCUT2D eigenvalue weighted by atomic mass is 10.2. The number of aromatic nitrogens is 4. The number of fused-ring (bicyclic) bond motifs is 1. The molecular weight excluding hydrogens is 374 g/mol. The summed E-state index contributed by atoms with van der Waals surface area (Å²) in [4.78, 5) is 28.7. The largest absolute Gasteiger partial charge is 0.416 e. The van der Waals surface area contributed by atoms with Crippen molar-refractivity contribution in [1.82, 2.24) is 19.7 Å². The van der Waals surface area contributed by atoms with Gasteiger partial charge in [0.15, 0.2) is 13.5 Å². The van der Waals surface area contributed by atoms with Gasteiger partial charge in [0.05, 0.1) is 0 Å². The van der Waals surface area contributed by atoms with Gasteiger partial charge in [-0.1, -0.05) is 39.3 Å².